The molecule has 0 aliphatic carbocycles. The van der Waals surface area contributed by atoms with Crippen molar-refractivity contribution in [3.8, 4) is 0 Å². The third-order valence-electron chi connectivity index (χ3n) is 2.56. The van der Waals surface area contributed by atoms with Crippen molar-refractivity contribution in [2.24, 2.45) is 0 Å². The summed E-state index contributed by atoms with van der Waals surface area (Å²) in [4.78, 5) is 12.6. The fraction of sp³-hybridized carbons (Fsp3) is 0.417. The average molecular weight is 260 g/mol. The van der Waals surface area contributed by atoms with Gasteiger partial charge in [-0.25, -0.2) is 4.39 Å². The molecule has 0 aliphatic rings. The van der Waals surface area contributed by atoms with Gasteiger partial charge in [0.25, 0.3) is 0 Å². The molecule has 1 rings (SSSR count). The van der Waals surface area contributed by atoms with Crippen LogP contribution >= 0.6 is 11.6 Å². The summed E-state index contributed by atoms with van der Waals surface area (Å²) >= 11 is 5.73. The van der Waals surface area contributed by atoms with Gasteiger partial charge in [-0.05, 0) is 37.2 Å². The van der Waals surface area contributed by atoms with Crippen LogP contribution in [0.25, 0.3) is 0 Å². The van der Waals surface area contributed by atoms with E-state index < -0.39 is 17.8 Å². The number of nitrogens with zero attached hydrogens (tertiary/aromatic N) is 1. The molecule has 0 heterocycles. The zero-order valence-corrected chi connectivity index (χ0v) is 10.5. The smallest absolute Gasteiger partial charge is 0.320 e. The van der Waals surface area contributed by atoms with E-state index in [-0.39, 0.29) is 0 Å². The Morgan fingerprint density at radius 3 is 2.65 bits per heavy atom. The molecule has 0 aromatic heterocycles. The van der Waals surface area contributed by atoms with Crippen LogP contribution in [0.2, 0.25) is 5.02 Å². The topological polar surface area (TPSA) is 40.5 Å². The first-order valence-electron chi connectivity index (χ1n) is 5.32. The fourth-order valence-corrected chi connectivity index (χ4v) is 2.02. The van der Waals surface area contributed by atoms with Gasteiger partial charge in [0.05, 0.1) is 0 Å². The summed E-state index contributed by atoms with van der Waals surface area (Å²) in [6.07, 6.45) is 0.495. The highest BCUT2D eigenvalue weighted by molar-refractivity contribution is 6.30. The van der Waals surface area contributed by atoms with E-state index in [1.165, 1.54) is 12.1 Å². The van der Waals surface area contributed by atoms with Gasteiger partial charge in [-0.1, -0.05) is 18.5 Å². The second-order valence-corrected chi connectivity index (χ2v) is 4.39. The maximum Gasteiger partial charge on any atom is 0.320 e. The molecule has 0 spiro atoms. The Bertz CT molecular complexity index is 391. The molecule has 0 bridgehead atoms. The molecule has 1 N–H and O–H groups in total. The van der Waals surface area contributed by atoms with Crippen LogP contribution in [0.15, 0.2) is 18.2 Å². The third-order valence-corrected chi connectivity index (χ3v) is 2.78. The number of benzene rings is 1. The average Bonchev–Trinajstić information content (AvgIpc) is 2.15. The van der Waals surface area contributed by atoms with Crippen LogP contribution in [0.3, 0.4) is 0 Å². The molecule has 1 atom stereocenters. The lowest BCUT2D eigenvalue weighted by Crippen LogP contribution is -2.37. The molecule has 0 aliphatic heterocycles. The van der Waals surface area contributed by atoms with Crippen LogP contribution in [0.4, 0.5) is 4.39 Å². The largest absolute Gasteiger partial charge is 0.480 e. The number of aliphatic carboxylic acids is 1. The highest BCUT2D eigenvalue weighted by Crippen LogP contribution is 2.16. The fourth-order valence-electron chi connectivity index (χ4n) is 1.78. The first-order chi connectivity index (χ1) is 7.93. The monoisotopic (exact) mass is 259 g/mol. The van der Waals surface area contributed by atoms with Crippen LogP contribution in [0.5, 0.6) is 0 Å². The summed E-state index contributed by atoms with van der Waals surface area (Å²) in [5, 5.41) is 9.31. The molecule has 1 aromatic carbocycles. The van der Waals surface area contributed by atoms with Crippen molar-refractivity contribution in [1.29, 1.82) is 0 Å². The minimum Gasteiger partial charge on any atom is -0.480 e. The van der Waals surface area contributed by atoms with Gasteiger partial charge in [0, 0.05) is 11.6 Å². The summed E-state index contributed by atoms with van der Waals surface area (Å²) in [6.45, 7) is 2.15. The number of hydrogen-bond donors (Lipinski definition) is 1. The SMILES string of the molecule is CCC(C(=O)O)N(C)Cc1cc(F)cc(Cl)c1. The minimum atomic E-state index is -0.877. The first-order valence-corrected chi connectivity index (χ1v) is 5.69. The van der Waals surface area contributed by atoms with Crippen molar-refractivity contribution in [3.63, 3.8) is 0 Å². The predicted octanol–water partition coefficient (Wildman–Crippen LogP) is 2.77. The predicted molar refractivity (Wildman–Crippen MR) is 64.6 cm³/mol. The molecular weight excluding hydrogens is 245 g/mol. The highest BCUT2D eigenvalue weighted by Gasteiger charge is 2.20. The summed E-state index contributed by atoms with van der Waals surface area (Å²) in [5.74, 6) is -1.29. The first kappa shape index (κ1) is 13.9. The van der Waals surface area contributed by atoms with Crippen molar-refractivity contribution in [2.45, 2.75) is 25.9 Å². The van der Waals surface area contributed by atoms with Crippen molar-refractivity contribution in [1.82, 2.24) is 4.90 Å². The second-order valence-electron chi connectivity index (χ2n) is 3.96. The number of rotatable bonds is 5. The Labute approximate surface area is 105 Å². The van der Waals surface area contributed by atoms with E-state index in [1.807, 2.05) is 0 Å². The Kier molecular flexibility index (Phi) is 4.90. The third kappa shape index (κ3) is 3.98. The van der Waals surface area contributed by atoms with E-state index in [0.29, 0.717) is 23.6 Å². The molecule has 0 saturated carbocycles. The highest BCUT2D eigenvalue weighted by atomic mass is 35.5. The molecule has 17 heavy (non-hydrogen) atoms. The van der Waals surface area contributed by atoms with E-state index in [4.69, 9.17) is 16.7 Å². The molecule has 1 unspecified atom stereocenters. The zero-order chi connectivity index (χ0) is 13.0. The Hall–Kier alpha value is -1.13. The second kappa shape index (κ2) is 5.98. The van der Waals surface area contributed by atoms with Crippen LogP contribution in [-0.4, -0.2) is 29.1 Å². The number of likely N-dealkylation sites (N-methyl/N-ethyl adjacent to an activating group) is 1. The molecular formula is C12H15ClFNO2. The van der Waals surface area contributed by atoms with Crippen molar-refractivity contribution in [3.05, 3.63) is 34.6 Å². The molecule has 0 radical (unpaired) electrons. The van der Waals surface area contributed by atoms with Crippen molar-refractivity contribution >= 4 is 17.6 Å². The van der Waals surface area contributed by atoms with Gasteiger partial charge in [0.1, 0.15) is 11.9 Å². The van der Waals surface area contributed by atoms with E-state index in [9.17, 15) is 9.18 Å². The molecule has 3 nitrogen and oxygen atoms in total. The lowest BCUT2D eigenvalue weighted by Gasteiger charge is -2.23. The molecule has 0 amide bonds. The normalized spacial score (nSPS) is 12.8. The Morgan fingerprint density at radius 1 is 1.53 bits per heavy atom. The van der Waals surface area contributed by atoms with Crippen LogP contribution in [0, 0.1) is 5.82 Å². The van der Waals surface area contributed by atoms with Crippen molar-refractivity contribution < 1.29 is 14.3 Å². The number of carbonyl (C=O) groups is 1. The lowest BCUT2D eigenvalue weighted by atomic mass is 10.1. The maximum absolute atomic E-state index is 13.1. The number of carboxylic acid groups (broad SMARTS) is 1. The molecule has 5 heteroatoms. The molecule has 94 valence electrons. The van der Waals surface area contributed by atoms with Gasteiger partial charge in [-0.15, -0.1) is 0 Å². The van der Waals surface area contributed by atoms with Crippen LogP contribution in [0.1, 0.15) is 18.9 Å². The van der Waals surface area contributed by atoms with Gasteiger partial charge < -0.3 is 5.11 Å². The molecule has 1 aromatic rings. The minimum absolute atomic E-state index is 0.316. The van der Waals surface area contributed by atoms with Gasteiger partial charge in [-0.3, -0.25) is 9.69 Å². The van der Waals surface area contributed by atoms with Gasteiger partial charge >= 0.3 is 5.97 Å². The van der Waals surface area contributed by atoms with Crippen molar-refractivity contribution in [2.75, 3.05) is 7.05 Å². The van der Waals surface area contributed by atoms with E-state index >= 15 is 0 Å². The van der Waals surface area contributed by atoms with Crippen LogP contribution < -0.4 is 0 Å². The lowest BCUT2D eigenvalue weighted by molar-refractivity contribution is -0.143. The standard InChI is InChI=1S/C12H15ClFNO2/c1-3-11(12(16)17)15(2)7-8-4-9(13)6-10(14)5-8/h4-6,11H,3,7H2,1-2H3,(H,16,17). The summed E-state index contributed by atoms with van der Waals surface area (Å²) in [7, 11) is 1.70. The molecule has 0 saturated heterocycles. The van der Waals surface area contributed by atoms with Gasteiger partial charge in [-0.2, -0.15) is 0 Å². The van der Waals surface area contributed by atoms with Gasteiger partial charge in [0.15, 0.2) is 0 Å². The number of carboxylic acids is 1. The quantitative estimate of drug-likeness (QED) is 0.884. The number of halogens is 2. The zero-order valence-electron chi connectivity index (χ0n) is 9.78. The Balaban J connectivity index is 2.79. The maximum atomic E-state index is 13.1. The van der Waals surface area contributed by atoms with E-state index in [2.05, 4.69) is 0 Å². The van der Waals surface area contributed by atoms with E-state index in [0.717, 1.165) is 0 Å². The molecule has 0 fully saturated rings. The van der Waals surface area contributed by atoms with Gasteiger partial charge in [0.2, 0.25) is 0 Å². The Morgan fingerprint density at radius 2 is 2.18 bits per heavy atom. The van der Waals surface area contributed by atoms with Crippen LogP contribution in [-0.2, 0) is 11.3 Å². The summed E-state index contributed by atoms with van der Waals surface area (Å²) in [6, 6.07) is 3.64. The van der Waals surface area contributed by atoms with E-state index in [1.54, 1.807) is 24.9 Å². The summed E-state index contributed by atoms with van der Waals surface area (Å²) in [5.41, 5.74) is 0.664. The summed E-state index contributed by atoms with van der Waals surface area (Å²) < 4.78 is 13.1. The number of hydrogen-bond acceptors (Lipinski definition) is 2.